The molecule has 1 atom stereocenters. The van der Waals surface area contributed by atoms with E-state index in [4.69, 9.17) is 0 Å². The van der Waals surface area contributed by atoms with Gasteiger partial charge in [-0.25, -0.2) is 0 Å². The minimum atomic E-state index is 0.421. The molecule has 106 valence electrons. The first-order chi connectivity index (χ1) is 9.15. The van der Waals surface area contributed by atoms with Crippen LogP contribution in [0.25, 0.3) is 0 Å². The summed E-state index contributed by atoms with van der Waals surface area (Å²) in [5, 5.41) is 13.4. The molecule has 2 N–H and O–H groups in total. The van der Waals surface area contributed by atoms with Crippen LogP contribution in [0.4, 0.5) is 0 Å². The number of nitrogens with one attached hydrogen (secondary N) is 1. The maximum absolute atomic E-state index is 9.84. The summed E-state index contributed by atoms with van der Waals surface area (Å²) in [6, 6.07) is 8.23. The van der Waals surface area contributed by atoms with Crippen LogP contribution < -0.4 is 5.32 Å². The zero-order chi connectivity index (χ0) is 13.7. The minimum absolute atomic E-state index is 0.421. The molecule has 1 heterocycles. The Morgan fingerprint density at radius 1 is 1.37 bits per heavy atom. The number of para-hydroxylation sites is 1. The molecule has 0 aliphatic carbocycles. The van der Waals surface area contributed by atoms with Crippen molar-refractivity contribution in [2.24, 2.45) is 5.92 Å². The molecular weight excluding hydrogens is 236 g/mol. The van der Waals surface area contributed by atoms with Crippen molar-refractivity contribution in [2.75, 3.05) is 19.6 Å². The summed E-state index contributed by atoms with van der Waals surface area (Å²) in [5.74, 6) is 1.16. The highest BCUT2D eigenvalue weighted by molar-refractivity contribution is 5.31. The summed E-state index contributed by atoms with van der Waals surface area (Å²) < 4.78 is 0. The van der Waals surface area contributed by atoms with Crippen molar-refractivity contribution < 1.29 is 5.11 Å². The fraction of sp³-hybridized carbons (Fsp3) is 0.625. The van der Waals surface area contributed by atoms with Gasteiger partial charge in [-0.05, 0) is 37.9 Å². The largest absolute Gasteiger partial charge is 0.508 e. The number of nitrogens with zero attached hydrogens (tertiary/aromatic N) is 1. The number of aromatic hydroxyl groups is 1. The molecule has 0 saturated carbocycles. The molecule has 1 aromatic carbocycles. The van der Waals surface area contributed by atoms with Crippen LogP contribution in [0.1, 0.15) is 32.3 Å². The van der Waals surface area contributed by atoms with Gasteiger partial charge in [-0.1, -0.05) is 32.0 Å². The second kappa shape index (κ2) is 6.92. The molecule has 3 nitrogen and oxygen atoms in total. The van der Waals surface area contributed by atoms with E-state index in [1.807, 2.05) is 18.2 Å². The standard InChI is InChI=1S/C16H26N2O/c1-13(2)17-10-14-6-5-9-18(11-14)12-15-7-3-4-8-16(15)19/h3-4,7-8,13-14,17,19H,5-6,9-12H2,1-2H3. The van der Waals surface area contributed by atoms with E-state index in [-0.39, 0.29) is 0 Å². The molecular formula is C16H26N2O. The fourth-order valence-electron chi connectivity index (χ4n) is 2.75. The Labute approximate surface area is 116 Å². The summed E-state index contributed by atoms with van der Waals surface area (Å²) in [6.45, 7) is 8.64. The van der Waals surface area contributed by atoms with E-state index >= 15 is 0 Å². The lowest BCUT2D eigenvalue weighted by atomic mass is 9.97. The van der Waals surface area contributed by atoms with E-state index in [2.05, 4.69) is 24.1 Å². The van der Waals surface area contributed by atoms with Gasteiger partial charge in [0, 0.05) is 24.7 Å². The molecule has 1 saturated heterocycles. The zero-order valence-corrected chi connectivity index (χ0v) is 12.1. The maximum atomic E-state index is 9.84. The van der Waals surface area contributed by atoms with Gasteiger partial charge < -0.3 is 10.4 Å². The van der Waals surface area contributed by atoms with E-state index in [0.29, 0.717) is 11.8 Å². The first-order valence-corrected chi connectivity index (χ1v) is 7.37. The Bertz CT molecular complexity index is 392. The van der Waals surface area contributed by atoms with Gasteiger partial charge in [0.1, 0.15) is 5.75 Å². The SMILES string of the molecule is CC(C)NCC1CCCN(Cc2ccccc2O)C1. The third-order valence-corrected chi connectivity index (χ3v) is 3.80. The number of phenols is 1. The Kier molecular flexibility index (Phi) is 5.23. The molecule has 1 fully saturated rings. The quantitative estimate of drug-likeness (QED) is 0.856. The van der Waals surface area contributed by atoms with E-state index in [9.17, 15) is 5.11 Å². The summed E-state index contributed by atoms with van der Waals surface area (Å²) in [5.41, 5.74) is 1.04. The van der Waals surface area contributed by atoms with E-state index in [0.717, 1.165) is 37.7 Å². The van der Waals surface area contributed by atoms with Crippen molar-refractivity contribution in [1.82, 2.24) is 10.2 Å². The number of rotatable bonds is 5. The Morgan fingerprint density at radius 3 is 2.89 bits per heavy atom. The lowest BCUT2D eigenvalue weighted by molar-refractivity contribution is 0.162. The van der Waals surface area contributed by atoms with Crippen LogP contribution in [0.2, 0.25) is 0 Å². The summed E-state index contributed by atoms with van der Waals surface area (Å²) in [6.07, 6.45) is 2.58. The van der Waals surface area contributed by atoms with Crippen LogP contribution in [0.3, 0.4) is 0 Å². The predicted molar refractivity (Wildman–Crippen MR) is 79.2 cm³/mol. The molecule has 1 unspecified atom stereocenters. The first kappa shape index (κ1) is 14.4. The van der Waals surface area contributed by atoms with Gasteiger partial charge >= 0.3 is 0 Å². The third kappa shape index (κ3) is 4.51. The average Bonchev–Trinajstić information content (AvgIpc) is 2.40. The number of hydrogen-bond donors (Lipinski definition) is 2. The van der Waals surface area contributed by atoms with Gasteiger partial charge in [0.25, 0.3) is 0 Å². The summed E-state index contributed by atoms with van der Waals surface area (Å²) >= 11 is 0. The van der Waals surface area contributed by atoms with E-state index in [1.165, 1.54) is 12.8 Å². The van der Waals surface area contributed by atoms with Gasteiger partial charge in [-0.15, -0.1) is 0 Å². The van der Waals surface area contributed by atoms with Gasteiger partial charge in [0.2, 0.25) is 0 Å². The summed E-state index contributed by atoms with van der Waals surface area (Å²) in [4.78, 5) is 2.46. The molecule has 1 aliphatic heterocycles. The van der Waals surface area contributed by atoms with Crippen molar-refractivity contribution in [3.63, 3.8) is 0 Å². The van der Waals surface area contributed by atoms with Crippen LogP contribution in [0.5, 0.6) is 5.75 Å². The second-order valence-electron chi connectivity index (χ2n) is 5.94. The second-order valence-corrected chi connectivity index (χ2v) is 5.94. The number of likely N-dealkylation sites (tertiary alicyclic amines) is 1. The van der Waals surface area contributed by atoms with Crippen molar-refractivity contribution in [3.8, 4) is 5.75 Å². The molecule has 1 aliphatic rings. The van der Waals surface area contributed by atoms with Gasteiger partial charge in [0.05, 0.1) is 0 Å². The van der Waals surface area contributed by atoms with Crippen molar-refractivity contribution in [2.45, 2.75) is 39.3 Å². The molecule has 0 radical (unpaired) electrons. The lowest BCUT2D eigenvalue weighted by Gasteiger charge is -2.33. The smallest absolute Gasteiger partial charge is 0.120 e. The minimum Gasteiger partial charge on any atom is -0.508 e. The first-order valence-electron chi connectivity index (χ1n) is 7.37. The monoisotopic (exact) mass is 262 g/mol. The molecule has 0 amide bonds. The van der Waals surface area contributed by atoms with Crippen molar-refractivity contribution in [1.29, 1.82) is 0 Å². The molecule has 0 aromatic heterocycles. The van der Waals surface area contributed by atoms with Crippen molar-refractivity contribution in [3.05, 3.63) is 29.8 Å². The Hall–Kier alpha value is -1.06. The normalized spacial score (nSPS) is 20.9. The van der Waals surface area contributed by atoms with Crippen molar-refractivity contribution >= 4 is 0 Å². The highest BCUT2D eigenvalue weighted by Gasteiger charge is 2.20. The number of benzene rings is 1. The van der Waals surface area contributed by atoms with Crippen LogP contribution >= 0.6 is 0 Å². The van der Waals surface area contributed by atoms with Gasteiger partial charge in [-0.2, -0.15) is 0 Å². The molecule has 2 rings (SSSR count). The van der Waals surface area contributed by atoms with Gasteiger partial charge in [-0.3, -0.25) is 4.90 Å². The molecule has 0 spiro atoms. The molecule has 19 heavy (non-hydrogen) atoms. The Morgan fingerprint density at radius 2 is 2.16 bits per heavy atom. The van der Waals surface area contributed by atoms with E-state index in [1.54, 1.807) is 6.07 Å². The number of phenolic OH excluding ortho intramolecular Hbond substituents is 1. The highest BCUT2D eigenvalue weighted by Crippen LogP contribution is 2.22. The lowest BCUT2D eigenvalue weighted by Crippen LogP contribution is -2.40. The highest BCUT2D eigenvalue weighted by atomic mass is 16.3. The average molecular weight is 262 g/mol. The number of piperidine rings is 1. The zero-order valence-electron chi connectivity index (χ0n) is 12.1. The van der Waals surface area contributed by atoms with Gasteiger partial charge in [0.15, 0.2) is 0 Å². The number of hydrogen-bond acceptors (Lipinski definition) is 3. The predicted octanol–water partition coefficient (Wildman–Crippen LogP) is 2.60. The molecule has 1 aromatic rings. The van der Waals surface area contributed by atoms with Crippen LogP contribution in [-0.2, 0) is 6.54 Å². The topological polar surface area (TPSA) is 35.5 Å². The molecule has 3 heteroatoms. The Balaban J connectivity index is 1.86. The third-order valence-electron chi connectivity index (χ3n) is 3.80. The van der Waals surface area contributed by atoms with Crippen LogP contribution in [0.15, 0.2) is 24.3 Å². The van der Waals surface area contributed by atoms with Crippen LogP contribution in [-0.4, -0.2) is 35.7 Å². The van der Waals surface area contributed by atoms with E-state index < -0.39 is 0 Å². The fourth-order valence-corrected chi connectivity index (χ4v) is 2.75. The maximum Gasteiger partial charge on any atom is 0.120 e. The summed E-state index contributed by atoms with van der Waals surface area (Å²) in [7, 11) is 0. The molecule has 0 bridgehead atoms. The van der Waals surface area contributed by atoms with Crippen LogP contribution in [0, 0.1) is 5.92 Å².